The van der Waals surface area contributed by atoms with E-state index in [0.29, 0.717) is 32.7 Å². The van der Waals surface area contributed by atoms with Crippen molar-refractivity contribution < 1.29 is 32.7 Å². The van der Waals surface area contributed by atoms with Crippen molar-refractivity contribution in [2.24, 2.45) is 0 Å². The summed E-state index contributed by atoms with van der Waals surface area (Å²) in [7, 11) is 0. The van der Waals surface area contributed by atoms with Crippen molar-refractivity contribution in [2.45, 2.75) is 31.9 Å². The maximum atomic E-state index is 12.8. The average molecular weight is 384 g/mol. The van der Waals surface area contributed by atoms with Crippen LogP contribution in [0.3, 0.4) is 0 Å². The topological polar surface area (TPSA) is 72.3 Å². The Hall–Kier alpha value is -2.26. The first-order chi connectivity index (χ1) is 12.9. The van der Waals surface area contributed by atoms with E-state index in [9.17, 15) is 18.4 Å². The van der Waals surface area contributed by atoms with E-state index in [1.807, 2.05) is 0 Å². The number of amides is 3. The van der Waals surface area contributed by atoms with Gasteiger partial charge in [0, 0.05) is 0 Å². The van der Waals surface area contributed by atoms with Crippen LogP contribution in [0.2, 0.25) is 0 Å². The lowest BCUT2D eigenvalue weighted by molar-refractivity contribution is -0.915. The number of alkyl halides is 2. The van der Waals surface area contributed by atoms with E-state index in [1.54, 1.807) is 19.1 Å². The maximum Gasteiger partial charge on any atom is 0.387 e. The summed E-state index contributed by atoms with van der Waals surface area (Å²) in [5.74, 6) is -0.144. The number of imide groups is 1. The van der Waals surface area contributed by atoms with Crippen LogP contribution in [0.25, 0.3) is 0 Å². The van der Waals surface area contributed by atoms with Crippen molar-refractivity contribution in [1.29, 1.82) is 0 Å². The summed E-state index contributed by atoms with van der Waals surface area (Å²) in [4.78, 5) is 27.5. The van der Waals surface area contributed by atoms with Gasteiger partial charge in [-0.3, -0.25) is 4.79 Å². The third kappa shape index (κ3) is 4.72. The Morgan fingerprint density at radius 3 is 2.56 bits per heavy atom. The summed E-state index contributed by atoms with van der Waals surface area (Å²) in [6.45, 7) is 1.98. The fourth-order valence-electron chi connectivity index (χ4n) is 3.33. The zero-order valence-corrected chi connectivity index (χ0v) is 15.2. The number of carbonyl (C=O) groups excluding carboxylic acids is 2. The van der Waals surface area contributed by atoms with Crippen LogP contribution in [-0.2, 0) is 16.0 Å². The molecular formula is C18H24F2N3O4+. The summed E-state index contributed by atoms with van der Waals surface area (Å²) < 4.78 is 34.0. The number of nitrogens with one attached hydrogen (secondary N) is 2. The van der Waals surface area contributed by atoms with E-state index in [1.165, 1.54) is 17.0 Å². The second-order valence-corrected chi connectivity index (χ2v) is 7.04. The maximum absolute atomic E-state index is 12.8. The Labute approximate surface area is 156 Å². The van der Waals surface area contributed by atoms with Crippen LogP contribution < -0.4 is 15.0 Å². The minimum Gasteiger partial charge on any atom is -0.435 e. The summed E-state index contributed by atoms with van der Waals surface area (Å²) in [5, 5.41) is 2.80. The lowest BCUT2D eigenvalue weighted by Crippen LogP contribution is -3.15. The summed E-state index contributed by atoms with van der Waals surface area (Å²) >= 11 is 0. The SMILES string of the molecule is C[C@@]1(CCc2ccc(OC(F)F)cc2)NC(=O)N(C[NH+]2CCOCC2)C1=O. The Bertz CT molecular complexity index is 680. The van der Waals surface area contributed by atoms with Crippen LogP contribution in [0.1, 0.15) is 18.9 Å². The molecule has 3 rings (SSSR count). The van der Waals surface area contributed by atoms with Crippen molar-refractivity contribution in [2.75, 3.05) is 33.0 Å². The molecule has 2 heterocycles. The molecule has 9 heteroatoms. The van der Waals surface area contributed by atoms with Gasteiger partial charge in [-0.2, -0.15) is 8.78 Å². The molecule has 2 fully saturated rings. The van der Waals surface area contributed by atoms with Gasteiger partial charge < -0.3 is 19.7 Å². The second-order valence-electron chi connectivity index (χ2n) is 7.04. The van der Waals surface area contributed by atoms with Crippen LogP contribution in [0, 0.1) is 0 Å². The van der Waals surface area contributed by atoms with Gasteiger partial charge in [0.05, 0.1) is 13.2 Å². The number of quaternary nitrogens is 1. The summed E-state index contributed by atoms with van der Waals surface area (Å²) in [5.41, 5.74) is -0.0989. The van der Waals surface area contributed by atoms with Gasteiger partial charge in [-0.1, -0.05) is 12.1 Å². The van der Waals surface area contributed by atoms with E-state index in [-0.39, 0.29) is 17.7 Å². The number of rotatable bonds is 7. The first kappa shape index (κ1) is 19.5. The molecule has 3 amide bonds. The zero-order valence-electron chi connectivity index (χ0n) is 15.2. The van der Waals surface area contributed by atoms with Crippen LogP contribution >= 0.6 is 0 Å². The molecule has 0 radical (unpaired) electrons. The number of benzene rings is 1. The van der Waals surface area contributed by atoms with Crippen molar-refractivity contribution in [3.63, 3.8) is 0 Å². The molecule has 148 valence electrons. The molecule has 2 aliphatic heterocycles. The molecule has 0 bridgehead atoms. The molecule has 0 saturated carbocycles. The number of hydrogen-bond donors (Lipinski definition) is 2. The Kier molecular flexibility index (Phi) is 5.91. The van der Waals surface area contributed by atoms with Gasteiger partial charge in [-0.25, -0.2) is 9.69 Å². The molecule has 7 nitrogen and oxygen atoms in total. The number of carbonyl (C=O) groups is 2. The number of halogens is 2. The largest absolute Gasteiger partial charge is 0.435 e. The smallest absolute Gasteiger partial charge is 0.387 e. The first-order valence-corrected chi connectivity index (χ1v) is 8.96. The van der Waals surface area contributed by atoms with Gasteiger partial charge >= 0.3 is 12.6 Å². The third-order valence-electron chi connectivity index (χ3n) is 4.99. The number of urea groups is 1. The van der Waals surface area contributed by atoms with Crippen LogP contribution in [0.4, 0.5) is 13.6 Å². The fourth-order valence-corrected chi connectivity index (χ4v) is 3.33. The molecule has 0 aliphatic carbocycles. The highest BCUT2D eigenvalue weighted by Gasteiger charge is 2.48. The van der Waals surface area contributed by atoms with Crippen molar-refractivity contribution in [3.05, 3.63) is 29.8 Å². The minimum atomic E-state index is -2.86. The summed E-state index contributed by atoms with van der Waals surface area (Å²) in [6, 6.07) is 5.91. The zero-order chi connectivity index (χ0) is 19.4. The van der Waals surface area contributed by atoms with Crippen LogP contribution in [0.15, 0.2) is 24.3 Å². The molecular weight excluding hydrogens is 360 g/mol. The highest BCUT2D eigenvalue weighted by molar-refractivity contribution is 6.06. The van der Waals surface area contributed by atoms with Gasteiger partial charge in [0.2, 0.25) is 0 Å². The quantitative estimate of drug-likeness (QED) is 0.668. The van der Waals surface area contributed by atoms with Gasteiger partial charge in [-0.15, -0.1) is 0 Å². The summed E-state index contributed by atoms with van der Waals surface area (Å²) in [6.07, 6.45) is 0.942. The minimum absolute atomic E-state index is 0.0878. The van der Waals surface area contributed by atoms with E-state index < -0.39 is 12.2 Å². The van der Waals surface area contributed by atoms with Crippen molar-refractivity contribution >= 4 is 11.9 Å². The van der Waals surface area contributed by atoms with E-state index >= 15 is 0 Å². The molecule has 27 heavy (non-hydrogen) atoms. The van der Waals surface area contributed by atoms with Gasteiger partial charge in [0.15, 0.2) is 6.67 Å². The predicted molar refractivity (Wildman–Crippen MR) is 91.6 cm³/mol. The standard InChI is InChI=1S/C18H23F2N3O4/c1-18(7-6-13-2-4-14(5-3-13)27-16(19)20)15(24)23(17(25)21-18)12-22-8-10-26-11-9-22/h2-5,16H,6-12H2,1H3,(H,21,25)/p+1/t18-/m0/s1. The molecule has 1 aromatic rings. The van der Waals surface area contributed by atoms with Gasteiger partial charge in [-0.05, 0) is 37.5 Å². The number of aryl methyl sites for hydroxylation is 1. The Balaban J connectivity index is 1.57. The van der Waals surface area contributed by atoms with Gasteiger partial charge in [0.25, 0.3) is 5.91 Å². The van der Waals surface area contributed by atoms with E-state index in [4.69, 9.17) is 4.74 Å². The number of morpholine rings is 1. The lowest BCUT2D eigenvalue weighted by atomic mass is 9.93. The monoisotopic (exact) mass is 384 g/mol. The number of hydrogen-bond acceptors (Lipinski definition) is 4. The number of ether oxygens (including phenoxy) is 2. The second kappa shape index (κ2) is 8.18. The average Bonchev–Trinajstić information content (AvgIpc) is 2.85. The lowest BCUT2D eigenvalue weighted by Gasteiger charge is -2.27. The van der Waals surface area contributed by atoms with Crippen molar-refractivity contribution in [1.82, 2.24) is 10.2 Å². The molecule has 0 unspecified atom stereocenters. The fraction of sp³-hybridized carbons (Fsp3) is 0.556. The third-order valence-corrected chi connectivity index (χ3v) is 4.99. The van der Waals surface area contributed by atoms with E-state index in [0.717, 1.165) is 23.6 Å². The molecule has 1 aromatic carbocycles. The Morgan fingerprint density at radius 2 is 1.93 bits per heavy atom. The highest BCUT2D eigenvalue weighted by Crippen LogP contribution is 2.23. The van der Waals surface area contributed by atoms with Crippen molar-refractivity contribution in [3.8, 4) is 5.75 Å². The molecule has 1 atom stereocenters. The number of nitrogens with zero attached hydrogens (tertiary/aromatic N) is 1. The van der Waals surface area contributed by atoms with Crippen LogP contribution in [0.5, 0.6) is 5.75 Å². The van der Waals surface area contributed by atoms with E-state index in [2.05, 4.69) is 10.1 Å². The molecule has 2 aliphatic rings. The normalized spacial score (nSPS) is 23.8. The Morgan fingerprint density at radius 1 is 1.26 bits per heavy atom. The van der Waals surface area contributed by atoms with Gasteiger partial charge in [0.1, 0.15) is 24.4 Å². The molecule has 0 spiro atoms. The first-order valence-electron chi connectivity index (χ1n) is 8.96. The molecule has 2 N–H and O–H groups in total. The molecule has 0 aromatic heterocycles. The predicted octanol–water partition coefficient (Wildman–Crippen LogP) is 0.404. The highest BCUT2D eigenvalue weighted by atomic mass is 19.3. The van der Waals surface area contributed by atoms with Crippen LogP contribution in [-0.4, -0.2) is 62.0 Å². The molecule has 2 saturated heterocycles.